The van der Waals surface area contributed by atoms with E-state index in [1.807, 2.05) is 0 Å². The average molecular weight is 289 g/mol. The monoisotopic (exact) mass is 289 g/mol. The van der Waals surface area contributed by atoms with Crippen molar-refractivity contribution in [3.05, 3.63) is 0 Å². The number of nitrogens with one attached hydrogen (secondary N) is 1. The number of sulfone groups is 1. The standard InChI is InChI=1S/C13H23NO4S/c15-13(16)6-3-9-19(17,18)12-8-7-10-4-1-2-5-11(10)14-12/h10-12,14H,1-9H2,(H,15,16). The minimum absolute atomic E-state index is 0.0195. The van der Waals surface area contributed by atoms with Crippen LogP contribution in [0.25, 0.3) is 0 Å². The first-order valence-electron chi connectivity index (χ1n) is 7.18. The summed E-state index contributed by atoms with van der Waals surface area (Å²) in [4.78, 5) is 10.4. The molecule has 1 saturated heterocycles. The van der Waals surface area contributed by atoms with E-state index in [-0.39, 0.29) is 18.6 Å². The summed E-state index contributed by atoms with van der Waals surface area (Å²) in [5, 5.41) is 11.4. The number of aliphatic carboxylic acids is 1. The number of carbonyl (C=O) groups is 1. The van der Waals surface area contributed by atoms with Crippen molar-refractivity contribution in [1.29, 1.82) is 0 Å². The summed E-state index contributed by atoms with van der Waals surface area (Å²) in [5.41, 5.74) is 0. The van der Waals surface area contributed by atoms with Gasteiger partial charge >= 0.3 is 5.97 Å². The van der Waals surface area contributed by atoms with Crippen molar-refractivity contribution >= 4 is 15.8 Å². The molecule has 3 atom stereocenters. The molecule has 2 aliphatic rings. The van der Waals surface area contributed by atoms with Crippen LogP contribution in [0.3, 0.4) is 0 Å². The molecular weight excluding hydrogens is 266 g/mol. The van der Waals surface area contributed by atoms with Gasteiger partial charge < -0.3 is 5.11 Å². The van der Waals surface area contributed by atoms with Gasteiger partial charge in [-0.05, 0) is 38.0 Å². The van der Waals surface area contributed by atoms with Crippen LogP contribution in [-0.2, 0) is 14.6 Å². The van der Waals surface area contributed by atoms with Gasteiger partial charge in [-0.3, -0.25) is 10.1 Å². The van der Waals surface area contributed by atoms with Crippen molar-refractivity contribution in [3.8, 4) is 0 Å². The fourth-order valence-electron chi connectivity index (χ4n) is 3.31. The van der Waals surface area contributed by atoms with Crippen molar-refractivity contribution in [1.82, 2.24) is 5.32 Å². The van der Waals surface area contributed by atoms with Crippen molar-refractivity contribution in [3.63, 3.8) is 0 Å². The molecule has 0 spiro atoms. The first kappa shape index (κ1) is 14.8. The summed E-state index contributed by atoms with van der Waals surface area (Å²) in [7, 11) is -3.20. The second kappa shape index (κ2) is 6.22. The molecule has 1 aliphatic heterocycles. The first-order valence-corrected chi connectivity index (χ1v) is 8.90. The number of hydrogen-bond donors (Lipinski definition) is 2. The van der Waals surface area contributed by atoms with Gasteiger partial charge in [-0.1, -0.05) is 12.8 Å². The molecule has 1 heterocycles. The predicted octanol–water partition coefficient (Wildman–Crippen LogP) is 1.53. The van der Waals surface area contributed by atoms with E-state index in [0.717, 1.165) is 12.8 Å². The fraction of sp³-hybridized carbons (Fsp3) is 0.923. The maximum atomic E-state index is 12.2. The van der Waals surface area contributed by atoms with Crippen molar-refractivity contribution in [2.75, 3.05) is 5.75 Å². The zero-order valence-corrected chi connectivity index (χ0v) is 12.0. The van der Waals surface area contributed by atoms with Gasteiger partial charge in [0.15, 0.2) is 9.84 Å². The molecule has 6 heteroatoms. The highest BCUT2D eigenvalue weighted by molar-refractivity contribution is 7.91. The van der Waals surface area contributed by atoms with Gasteiger partial charge in [0.1, 0.15) is 5.37 Å². The summed E-state index contributed by atoms with van der Waals surface area (Å²) in [6.07, 6.45) is 6.53. The van der Waals surface area contributed by atoms with Crippen LogP contribution in [0, 0.1) is 5.92 Å². The molecular formula is C13H23NO4S. The minimum atomic E-state index is -3.20. The maximum absolute atomic E-state index is 12.2. The lowest BCUT2D eigenvalue weighted by molar-refractivity contribution is -0.137. The molecule has 2 N–H and O–H groups in total. The van der Waals surface area contributed by atoms with Crippen LogP contribution in [0.1, 0.15) is 51.4 Å². The lowest BCUT2D eigenvalue weighted by Crippen LogP contribution is -2.52. The lowest BCUT2D eigenvalue weighted by atomic mass is 9.79. The summed E-state index contributed by atoms with van der Waals surface area (Å²) in [5.74, 6) is -0.313. The molecule has 5 nitrogen and oxygen atoms in total. The number of piperidine rings is 1. The Morgan fingerprint density at radius 3 is 2.63 bits per heavy atom. The smallest absolute Gasteiger partial charge is 0.303 e. The Morgan fingerprint density at radius 2 is 1.89 bits per heavy atom. The first-order chi connectivity index (χ1) is 8.99. The summed E-state index contributed by atoms with van der Waals surface area (Å²) < 4.78 is 24.4. The van der Waals surface area contributed by atoms with Crippen LogP contribution >= 0.6 is 0 Å². The summed E-state index contributed by atoms with van der Waals surface area (Å²) in [6, 6.07) is 0.349. The quantitative estimate of drug-likeness (QED) is 0.802. The van der Waals surface area contributed by atoms with Crippen LogP contribution in [0.5, 0.6) is 0 Å². The normalized spacial score (nSPS) is 31.7. The van der Waals surface area contributed by atoms with Gasteiger partial charge in [0, 0.05) is 12.5 Å². The molecule has 2 rings (SSSR count). The third-order valence-corrected chi connectivity index (χ3v) is 6.46. The van der Waals surface area contributed by atoms with Crippen LogP contribution in [-0.4, -0.2) is 36.7 Å². The third kappa shape index (κ3) is 3.92. The van der Waals surface area contributed by atoms with Gasteiger partial charge in [0.25, 0.3) is 0 Å². The van der Waals surface area contributed by atoms with E-state index >= 15 is 0 Å². The third-order valence-electron chi connectivity index (χ3n) is 4.36. The zero-order valence-electron chi connectivity index (χ0n) is 11.2. The highest BCUT2D eigenvalue weighted by Gasteiger charge is 2.36. The largest absolute Gasteiger partial charge is 0.481 e. The van der Waals surface area contributed by atoms with Crippen molar-refractivity contribution in [2.45, 2.75) is 62.8 Å². The Bertz CT molecular complexity index is 420. The summed E-state index contributed by atoms with van der Waals surface area (Å²) >= 11 is 0. The van der Waals surface area contributed by atoms with E-state index in [1.165, 1.54) is 19.3 Å². The molecule has 0 aromatic rings. The number of carboxylic acid groups (broad SMARTS) is 1. The topological polar surface area (TPSA) is 83.5 Å². The Kier molecular flexibility index (Phi) is 4.84. The Balaban J connectivity index is 1.88. The van der Waals surface area contributed by atoms with Crippen LogP contribution < -0.4 is 5.32 Å². The second-order valence-corrected chi connectivity index (χ2v) is 8.05. The van der Waals surface area contributed by atoms with Crippen LogP contribution in [0.15, 0.2) is 0 Å². The average Bonchev–Trinajstić information content (AvgIpc) is 2.37. The SMILES string of the molecule is O=C(O)CCCS(=O)(=O)C1CCC2CCCCC2N1. The number of carboxylic acids is 1. The number of fused-ring (bicyclic) bond motifs is 1. The molecule has 0 radical (unpaired) electrons. The van der Waals surface area contributed by atoms with E-state index < -0.39 is 21.2 Å². The molecule has 0 aromatic carbocycles. The van der Waals surface area contributed by atoms with Gasteiger partial charge in [-0.25, -0.2) is 8.42 Å². The highest BCUT2D eigenvalue weighted by Crippen LogP contribution is 2.33. The molecule has 3 unspecified atom stereocenters. The van der Waals surface area contributed by atoms with E-state index in [0.29, 0.717) is 18.4 Å². The minimum Gasteiger partial charge on any atom is -0.481 e. The molecule has 0 amide bonds. The Labute approximate surface area is 114 Å². The number of hydrogen-bond acceptors (Lipinski definition) is 4. The van der Waals surface area contributed by atoms with Gasteiger partial charge in [0.05, 0.1) is 5.75 Å². The molecule has 0 aromatic heterocycles. The summed E-state index contributed by atoms with van der Waals surface area (Å²) in [6.45, 7) is 0. The maximum Gasteiger partial charge on any atom is 0.303 e. The Hall–Kier alpha value is -0.620. The Morgan fingerprint density at radius 1 is 1.16 bits per heavy atom. The van der Waals surface area contributed by atoms with Crippen LogP contribution in [0.4, 0.5) is 0 Å². The molecule has 0 bridgehead atoms. The van der Waals surface area contributed by atoms with Crippen molar-refractivity contribution in [2.24, 2.45) is 5.92 Å². The van der Waals surface area contributed by atoms with E-state index in [4.69, 9.17) is 5.11 Å². The molecule has 2 fully saturated rings. The highest BCUT2D eigenvalue weighted by atomic mass is 32.2. The zero-order chi connectivity index (χ0) is 13.9. The predicted molar refractivity (Wildman–Crippen MR) is 72.6 cm³/mol. The molecule has 110 valence electrons. The van der Waals surface area contributed by atoms with Crippen molar-refractivity contribution < 1.29 is 18.3 Å². The lowest BCUT2D eigenvalue weighted by Gasteiger charge is -2.40. The van der Waals surface area contributed by atoms with E-state index in [9.17, 15) is 13.2 Å². The molecule has 19 heavy (non-hydrogen) atoms. The second-order valence-electron chi connectivity index (χ2n) is 5.75. The van der Waals surface area contributed by atoms with E-state index in [2.05, 4.69) is 5.32 Å². The van der Waals surface area contributed by atoms with Gasteiger partial charge in [-0.2, -0.15) is 0 Å². The number of rotatable bonds is 5. The van der Waals surface area contributed by atoms with E-state index in [1.54, 1.807) is 0 Å². The molecule has 1 aliphatic carbocycles. The van der Waals surface area contributed by atoms with Crippen LogP contribution in [0.2, 0.25) is 0 Å². The fourth-order valence-corrected chi connectivity index (χ4v) is 5.02. The van der Waals surface area contributed by atoms with Gasteiger partial charge in [0.2, 0.25) is 0 Å². The van der Waals surface area contributed by atoms with Gasteiger partial charge in [-0.15, -0.1) is 0 Å². The molecule has 1 saturated carbocycles.